The van der Waals surface area contributed by atoms with Crippen molar-refractivity contribution in [2.45, 2.75) is 65.3 Å². The van der Waals surface area contributed by atoms with Crippen LogP contribution in [0.5, 0.6) is 0 Å². The molecule has 112 valence electrons. The van der Waals surface area contributed by atoms with E-state index in [9.17, 15) is 9.59 Å². The van der Waals surface area contributed by atoms with E-state index < -0.39 is 5.24 Å². The highest BCUT2D eigenvalue weighted by atomic mass is 35.5. The minimum atomic E-state index is -0.418. The lowest BCUT2D eigenvalue weighted by atomic mass is 9.91. The lowest BCUT2D eigenvalue weighted by molar-refractivity contribution is -0.111. The molecule has 0 saturated carbocycles. The minimum absolute atomic E-state index is 0.107. The highest BCUT2D eigenvalue weighted by Gasteiger charge is 2.19. The van der Waals surface area contributed by atoms with Gasteiger partial charge in [-0.05, 0) is 30.5 Å². The summed E-state index contributed by atoms with van der Waals surface area (Å²) in [6.07, 6.45) is 2.47. The number of rotatable bonds is 6. The molecule has 0 atom stereocenters. The normalized spacial score (nSPS) is 11.7. The zero-order chi connectivity index (χ0) is 15.3. The third-order valence-electron chi connectivity index (χ3n) is 3.13. The average Bonchev–Trinajstić information content (AvgIpc) is 2.34. The maximum absolute atomic E-state index is 12.3. The number of hydrogen-bond acceptors (Lipinski definition) is 3. The predicted molar refractivity (Wildman–Crippen MR) is 81.3 cm³/mol. The Hall–Kier alpha value is -1.16. The standard InChI is InChI=1S/C15H23ClN2O2/c1-5-6-9-18-14(20)11(7-8-13(16)19)10-12(17-18)15(2,3)4/h10H,5-9H2,1-4H3. The first kappa shape index (κ1) is 16.9. The van der Waals surface area contributed by atoms with Gasteiger partial charge < -0.3 is 0 Å². The fourth-order valence-corrected chi connectivity index (χ4v) is 1.93. The summed E-state index contributed by atoms with van der Waals surface area (Å²) in [5.41, 5.74) is 1.24. The van der Waals surface area contributed by atoms with Gasteiger partial charge in [0.2, 0.25) is 5.24 Å². The zero-order valence-corrected chi connectivity index (χ0v) is 13.5. The third-order valence-corrected chi connectivity index (χ3v) is 3.32. The first-order chi connectivity index (χ1) is 9.25. The summed E-state index contributed by atoms with van der Waals surface area (Å²) in [5.74, 6) is 0. The van der Waals surface area contributed by atoms with Crippen molar-refractivity contribution in [1.82, 2.24) is 9.78 Å². The first-order valence-electron chi connectivity index (χ1n) is 7.05. The Bertz CT molecular complexity index is 530. The van der Waals surface area contributed by atoms with E-state index in [1.807, 2.05) is 6.07 Å². The number of aryl methyl sites for hydroxylation is 2. The zero-order valence-electron chi connectivity index (χ0n) is 12.7. The van der Waals surface area contributed by atoms with E-state index in [2.05, 4.69) is 32.8 Å². The highest BCUT2D eigenvalue weighted by Crippen LogP contribution is 2.20. The number of carbonyl (C=O) groups excluding carboxylic acids is 1. The maximum atomic E-state index is 12.3. The summed E-state index contributed by atoms with van der Waals surface area (Å²) in [6.45, 7) is 8.86. The molecule has 0 aliphatic carbocycles. The van der Waals surface area contributed by atoms with Gasteiger partial charge in [-0.2, -0.15) is 5.10 Å². The van der Waals surface area contributed by atoms with Crippen molar-refractivity contribution in [3.63, 3.8) is 0 Å². The van der Waals surface area contributed by atoms with Gasteiger partial charge in [0.25, 0.3) is 5.56 Å². The molecule has 0 amide bonds. The largest absolute Gasteiger partial charge is 0.281 e. The summed E-state index contributed by atoms with van der Waals surface area (Å²) < 4.78 is 1.53. The van der Waals surface area contributed by atoms with Gasteiger partial charge in [0, 0.05) is 23.9 Å². The second-order valence-electron chi connectivity index (χ2n) is 6.04. The van der Waals surface area contributed by atoms with Crippen LogP contribution in [-0.2, 0) is 23.2 Å². The van der Waals surface area contributed by atoms with E-state index in [1.54, 1.807) is 0 Å². The van der Waals surface area contributed by atoms with Crippen LogP contribution < -0.4 is 5.56 Å². The van der Waals surface area contributed by atoms with E-state index >= 15 is 0 Å². The highest BCUT2D eigenvalue weighted by molar-refractivity contribution is 6.63. The molecule has 0 saturated heterocycles. The molecule has 1 heterocycles. The van der Waals surface area contributed by atoms with Crippen molar-refractivity contribution in [2.75, 3.05) is 0 Å². The number of nitrogens with zero attached hydrogens (tertiary/aromatic N) is 2. The van der Waals surface area contributed by atoms with Gasteiger partial charge in [0.15, 0.2) is 0 Å². The van der Waals surface area contributed by atoms with E-state index in [4.69, 9.17) is 11.6 Å². The summed E-state index contributed by atoms with van der Waals surface area (Å²) in [7, 11) is 0. The molecule has 0 aliphatic rings. The molecule has 0 radical (unpaired) electrons. The van der Waals surface area contributed by atoms with E-state index in [0.29, 0.717) is 18.5 Å². The number of halogens is 1. The van der Waals surface area contributed by atoms with Crippen LogP contribution in [0.1, 0.15) is 58.2 Å². The Morgan fingerprint density at radius 3 is 2.55 bits per heavy atom. The molecule has 0 bridgehead atoms. The van der Waals surface area contributed by atoms with Crippen molar-refractivity contribution in [3.05, 3.63) is 27.7 Å². The van der Waals surface area contributed by atoms with Crippen LogP contribution in [0.4, 0.5) is 0 Å². The Balaban J connectivity index is 3.20. The van der Waals surface area contributed by atoms with Gasteiger partial charge in [0.05, 0.1) is 5.69 Å². The first-order valence-corrected chi connectivity index (χ1v) is 7.43. The average molecular weight is 299 g/mol. The smallest absolute Gasteiger partial charge is 0.269 e. The number of carbonyl (C=O) groups is 1. The number of aromatic nitrogens is 2. The Labute approximate surface area is 125 Å². The lowest BCUT2D eigenvalue weighted by Gasteiger charge is -2.20. The summed E-state index contributed by atoms with van der Waals surface area (Å²) >= 11 is 5.37. The predicted octanol–water partition coefficient (Wildman–Crippen LogP) is 3.04. The summed E-state index contributed by atoms with van der Waals surface area (Å²) in [5, 5.41) is 4.04. The molecule has 1 aromatic heterocycles. The molecule has 5 heteroatoms. The van der Waals surface area contributed by atoms with Gasteiger partial charge in [0.1, 0.15) is 0 Å². The van der Waals surface area contributed by atoms with Crippen molar-refractivity contribution >= 4 is 16.8 Å². The lowest BCUT2D eigenvalue weighted by Crippen LogP contribution is -2.30. The maximum Gasteiger partial charge on any atom is 0.269 e. The van der Waals surface area contributed by atoms with Gasteiger partial charge in [-0.25, -0.2) is 4.68 Å². The van der Waals surface area contributed by atoms with Gasteiger partial charge in [-0.3, -0.25) is 9.59 Å². The SMILES string of the molecule is CCCCn1nc(C(C)(C)C)cc(CCC(=O)Cl)c1=O. The molecule has 0 unspecified atom stereocenters. The van der Waals surface area contributed by atoms with Crippen LogP contribution in [-0.4, -0.2) is 15.0 Å². The van der Waals surface area contributed by atoms with Crippen LogP contribution in [0, 0.1) is 0 Å². The molecule has 0 N–H and O–H groups in total. The Morgan fingerprint density at radius 2 is 2.05 bits per heavy atom. The molecule has 0 spiro atoms. The topological polar surface area (TPSA) is 52.0 Å². The molecule has 0 aliphatic heterocycles. The molecule has 1 aromatic rings. The van der Waals surface area contributed by atoms with Crippen LogP contribution in [0.25, 0.3) is 0 Å². The van der Waals surface area contributed by atoms with Crippen molar-refractivity contribution in [1.29, 1.82) is 0 Å². The van der Waals surface area contributed by atoms with Crippen LogP contribution in [0.15, 0.2) is 10.9 Å². The van der Waals surface area contributed by atoms with Crippen LogP contribution in [0.3, 0.4) is 0 Å². The molecule has 0 aromatic carbocycles. The number of unbranched alkanes of at least 4 members (excludes halogenated alkanes) is 1. The second-order valence-corrected chi connectivity index (χ2v) is 6.46. The fourth-order valence-electron chi connectivity index (χ4n) is 1.83. The molecular formula is C15H23ClN2O2. The van der Waals surface area contributed by atoms with Gasteiger partial charge in [-0.1, -0.05) is 34.1 Å². The Morgan fingerprint density at radius 1 is 1.40 bits per heavy atom. The van der Waals surface area contributed by atoms with Crippen LogP contribution in [0.2, 0.25) is 0 Å². The molecule has 0 fully saturated rings. The molecular weight excluding hydrogens is 276 g/mol. The monoisotopic (exact) mass is 298 g/mol. The fraction of sp³-hybridized carbons (Fsp3) is 0.667. The second kappa shape index (κ2) is 7.02. The number of hydrogen-bond donors (Lipinski definition) is 0. The van der Waals surface area contributed by atoms with Gasteiger partial charge in [-0.15, -0.1) is 0 Å². The Kier molecular flexibility index (Phi) is 5.93. The summed E-state index contributed by atoms with van der Waals surface area (Å²) in [4.78, 5) is 23.2. The van der Waals surface area contributed by atoms with Crippen LogP contribution >= 0.6 is 11.6 Å². The van der Waals surface area contributed by atoms with Crippen molar-refractivity contribution < 1.29 is 4.79 Å². The quantitative estimate of drug-likeness (QED) is 0.759. The molecule has 1 rings (SSSR count). The van der Waals surface area contributed by atoms with Crippen molar-refractivity contribution in [3.8, 4) is 0 Å². The van der Waals surface area contributed by atoms with Gasteiger partial charge >= 0.3 is 0 Å². The molecule has 20 heavy (non-hydrogen) atoms. The van der Waals surface area contributed by atoms with E-state index in [1.165, 1.54) is 4.68 Å². The molecule has 4 nitrogen and oxygen atoms in total. The van der Waals surface area contributed by atoms with Crippen molar-refractivity contribution in [2.24, 2.45) is 0 Å². The van der Waals surface area contributed by atoms with E-state index in [0.717, 1.165) is 18.5 Å². The third kappa shape index (κ3) is 4.75. The minimum Gasteiger partial charge on any atom is -0.281 e. The van der Waals surface area contributed by atoms with E-state index in [-0.39, 0.29) is 17.4 Å². The summed E-state index contributed by atoms with van der Waals surface area (Å²) in [6, 6.07) is 1.81.